The van der Waals surface area contributed by atoms with E-state index < -0.39 is 21.4 Å². The maximum atomic E-state index is 11.8. The van der Waals surface area contributed by atoms with E-state index in [1.54, 1.807) is 20.8 Å². The summed E-state index contributed by atoms with van der Waals surface area (Å²) in [6.45, 7) is 5.19. The van der Waals surface area contributed by atoms with Crippen molar-refractivity contribution in [2.24, 2.45) is 0 Å². The van der Waals surface area contributed by atoms with Gasteiger partial charge in [-0.1, -0.05) is 0 Å². The Bertz CT molecular complexity index is 570. The van der Waals surface area contributed by atoms with Crippen molar-refractivity contribution < 1.29 is 17.9 Å². The molecule has 1 aromatic carbocycles. The highest BCUT2D eigenvalue weighted by Gasteiger charge is 2.20. The number of ether oxygens (including phenoxy) is 1. The first-order valence-electron chi connectivity index (χ1n) is 5.33. The van der Waals surface area contributed by atoms with E-state index >= 15 is 0 Å². The molecular formula is C12H17NO4S. The van der Waals surface area contributed by atoms with Crippen molar-refractivity contribution >= 4 is 21.5 Å². The van der Waals surface area contributed by atoms with Gasteiger partial charge in [-0.05, 0) is 39.0 Å². The third kappa shape index (κ3) is 4.03. The van der Waals surface area contributed by atoms with Crippen LogP contribution in [0.15, 0.2) is 23.1 Å². The van der Waals surface area contributed by atoms with Gasteiger partial charge in [-0.25, -0.2) is 13.2 Å². The lowest BCUT2D eigenvalue weighted by Crippen LogP contribution is -2.24. The molecule has 0 aliphatic heterocycles. The fourth-order valence-corrected chi connectivity index (χ4v) is 1.98. The molecule has 0 aliphatic carbocycles. The van der Waals surface area contributed by atoms with Gasteiger partial charge in [0, 0.05) is 11.9 Å². The van der Waals surface area contributed by atoms with Gasteiger partial charge in [0.05, 0.1) is 10.5 Å². The molecule has 0 saturated carbocycles. The van der Waals surface area contributed by atoms with Crippen LogP contribution in [-0.4, -0.2) is 26.2 Å². The van der Waals surface area contributed by atoms with Crippen molar-refractivity contribution in [3.05, 3.63) is 23.8 Å². The van der Waals surface area contributed by atoms with E-state index in [1.165, 1.54) is 18.2 Å². The molecule has 0 amide bonds. The summed E-state index contributed by atoms with van der Waals surface area (Å²) in [5.41, 5.74) is 5.28. The van der Waals surface area contributed by atoms with Crippen LogP contribution in [0.5, 0.6) is 0 Å². The third-order valence-electron chi connectivity index (χ3n) is 1.99. The van der Waals surface area contributed by atoms with E-state index in [1.807, 2.05) is 0 Å². The van der Waals surface area contributed by atoms with E-state index in [-0.39, 0.29) is 16.1 Å². The minimum Gasteiger partial charge on any atom is -0.456 e. The summed E-state index contributed by atoms with van der Waals surface area (Å²) in [5.74, 6) is -0.597. The highest BCUT2D eigenvalue weighted by molar-refractivity contribution is 7.90. The average Bonchev–Trinajstić information content (AvgIpc) is 2.12. The molecule has 18 heavy (non-hydrogen) atoms. The first-order valence-corrected chi connectivity index (χ1v) is 7.22. The number of sulfone groups is 1. The van der Waals surface area contributed by atoms with Crippen LogP contribution in [0.2, 0.25) is 0 Å². The highest BCUT2D eigenvalue weighted by Crippen LogP contribution is 2.19. The lowest BCUT2D eigenvalue weighted by molar-refractivity contribution is 0.00693. The van der Waals surface area contributed by atoms with E-state index in [0.717, 1.165) is 6.26 Å². The first-order chi connectivity index (χ1) is 7.99. The van der Waals surface area contributed by atoms with Crippen molar-refractivity contribution in [2.45, 2.75) is 31.3 Å². The molecule has 6 heteroatoms. The third-order valence-corrected chi connectivity index (χ3v) is 3.08. The molecule has 0 heterocycles. The van der Waals surface area contributed by atoms with E-state index in [0.29, 0.717) is 0 Å². The molecule has 1 aromatic rings. The molecule has 0 spiro atoms. The number of carbonyl (C=O) groups is 1. The molecule has 0 aromatic heterocycles. The SMILES string of the molecule is CC(C)(C)OC(=O)c1cc(N)cc(S(C)(=O)=O)c1. The largest absolute Gasteiger partial charge is 0.456 e. The zero-order valence-corrected chi connectivity index (χ0v) is 11.7. The number of hydrogen-bond acceptors (Lipinski definition) is 5. The number of carbonyl (C=O) groups excluding carboxylic acids is 1. The summed E-state index contributed by atoms with van der Waals surface area (Å²) in [5, 5.41) is 0. The molecule has 0 unspecified atom stereocenters. The molecule has 0 bridgehead atoms. The van der Waals surface area contributed by atoms with Crippen LogP contribution in [0.3, 0.4) is 0 Å². The van der Waals surface area contributed by atoms with Gasteiger partial charge in [0.25, 0.3) is 0 Å². The number of nitrogen functional groups attached to an aromatic ring is 1. The molecule has 0 saturated heterocycles. The van der Waals surface area contributed by atoms with Gasteiger partial charge in [0.1, 0.15) is 5.60 Å². The molecule has 100 valence electrons. The van der Waals surface area contributed by atoms with Gasteiger partial charge in [0.2, 0.25) is 0 Å². The van der Waals surface area contributed by atoms with Gasteiger partial charge < -0.3 is 10.5 Å². The fourth-order valence-electron chi connectivity index (χ4n) is 1.29. The smallest absolute Gasteiger partial charge is 0.338 e. The van der Waals surface area contributed by atoms with Crippen LogP contribution in [0.25, 0.3) is 0 Å². The second-order valence-electron chi connectivity index (χ2n) is 5.06. The van der Waals surface area contributed by atoms with Gasteiger partial charge in [-0.2, -0.15) is 0 Å². The van der Waals surface area contributed by atoms with Crippen molar-refractivity contribution in [3.8, 4) is 0 Å². The summed E-state index contributed by atoms with van der Waals surface area (Å²) in [6.07, 6.45) is 1.06. The Morgan fingerprint density at radius 3 is 2.22 bits per heavy atom. The van der Waals surface area contributed by atoms with Gasteiger partial charge in [-0.3, -0.25) is 0 Å². The minimum absolute atomic E-state index is 0.00311. The number of nitrogens with two attached hydrogens (primary N) is 1. The Kier molecular flexibility index (Phi) is 3.71. The number of benzene rings is 1. The monoisotopic (exact) mass is 271 g/mol. The van der Waals surface area contributed by atoms with Crippen LogP contribution in [-0.2, 0) is 14.6 Å². The van der Waals surface area contributed by atoms with Crippen molar-refractivity contribution in [1.82, 2.24) is 0 Å². The molecule has 5 nitrogen and oxygen atoms in total. The normalized spacial score (nSPS) is 12.2. The standard InChI is InChI=1S/C12H17NO4S/c1-12(2,3)17-11(14)8-5-9(13)7-10(6-8)18(4,15)16/h5-7H,13H2,1-4H3. The molecule has 1 rings (SSSR count). The molecule has 0 aliphatic rings. The molecular weight excluding hydrogens is 254 g/mol. The van der Waals surface area contributed by atoms with Gasteiger partial charge in [-0.15, -0.1) is 0 Å². The van der Waals surface area contributed by atoms with Gasteiger partial charge in [0.15, 0.2) is 9.84 Å². The second kappa shape index (κ2) is 4.61. The van der Waals surface area contributed by atoms with E-state index in [2.05, 4.69) is 0 Å². The first kappa shape index (κ1) is 14.5. The molecule has 0 radical (unpaired) electrons. The number of rotatable bonds is 2. The number of esters is 1. The molecule has 2 N–H and O–H groups in total. The Balaban J connectivity index is 3.19. The van der Waals surface area contributed by atoms with Crippen molar-refractivity contribution in [2.75, 3.05) is 12.0 Å². The lowest BCUT2D eigenvalue weighted by atomic mass is 10.1. The summed E-state index contributed by atoms with van der Waals surface area (Å²) in [6, 6.07) is 3.96. The van der Waals surface area contributed by atoms with Crippen molar-refractivity contribution in [1.29, 1.82) is 0 Å². The van der Waals surface area contributed by atoms with Gasteiger partial charge >= 0.3 is 5.97 Å². The molecule has 0 fully saturated rings. The van der Waals surface area contributed by atoms with Crippen LogP contribution in [0.4, 0.5) is 5.69 Å². The quantitative estimate of drug-likeness (QED) is 0.652. The Labute approximate surface area is 107 Å². The maximum Gasteiger partial charge on any atom is 0.338 e. The Morgan fingerprint density at radius 2 is 1.78 bits per heavy atom. The van der Waals surface area contributed by atoms with Crippen LogP contribution in [0.1, 0.15) is 31.1 Å². The summed E-state index contributed by atoms with van der Waals surface area (Å²) in [7, 11) is -3.41. The summed E-state index contributed by atoms with van der Waals surface area (Å²) < 4.78 is 28.0. The average molecular weight is 271 g/mol. The summed E-state index contributed by atoms with van der Waals surface area (Å²) >= 11 is 0. The summed E-state index contributed by atoms with van der Waals surface area (Å²) in [4.78, 5) is 11.8. The van der Waals surface area contributed by atoms with Crippen LogP contribution in [0, 0.1) is 0 Å². The predicted molar refractivity (Wildman–Crippen MR) is 69.1 cm³/mol. The number of anilines is 1. The zero-order chi connectivity index (χ0) is 14.1. The number of hydrogen-bond donors (Lipinski definition) is 1. The predicted octanol–water partition coefficient (Wildman–Crippen LogP) is 1.63. The van der Waals surface area contributed by atoms with E-state index in [4.69, 9.17) is 10.5 Å². The van der Waals surface area contributed by atoms with Crippen LogP contribution < -0.4 is 5.73 Å². The Hall–Kier alpha value is -1.56. The fraction of sp³-hybridized carbons (Fsp3) is 0.417. The van der Waals surface area contributed by atoms with Crippen LogP contribution >= 0.6 is 0 Å². The second-order valence-corrected chi connectivity index (χ2v) is 7.08. The zero-order valence-electron chi connectivity index (χ0n) is 10.9. The molecule has 0 atom stereocenters. The topological polar surface area (TPSA) is 86.5 Å². The lowest BCUT2D eigenvalue weighted by Gasteiger charge is -2.19. The van der Waals surface area contributed by atoms with Crippen molar-refractivity contribution in [3.63, 3.8) is 0 Å². The van der Waals surface area contributed by atoms with E-state index in [9.17, 15) is 13.2 Å². The Morgan fingerprint density at radius 1 is 1.22 bits per heavy atom. The minimum atomic E-state index is -3.41. The highest BCUT2D eigenvalue weighted by atomic mass is 32.2. The maximum absolute atomic E-state index is 11.8.